The molecule has 3 heteroatoms. The molecule has 1 saturated carbocycles. The van der Waals surface area contributed by atoms with Crippen molar-refractivity contribution in [3.8, 4) is 0 Å². The minimum Gasteiger partial charge on any atom is -0.481 e. The Morgan fingerprint density at radius 3 is 2.58 bits per heavy atom. The Morgan fingerprint density at radius 1 is 1.32 bits per heavy atom. The van der Waals surface area contributed by atoms with Crippen LogP contribution < -0.4 is 0 Å². The van der Waals surface area contributed by atoms with Gasteiger partial charge in [-0.3, -0.25) is 4.79 Å². The molecule has 0 bridgehead atoms. The summed E-state index contributed by atoms with van der Waals surface area (Å²) >= 11 is 5.91. The highest BCUT2D eigenvalue weighted by molar-refractivity contribution is 6.30. The van der Waals surface area contributed by atoms with E-state index < -0.39 is 5.97 Å². The molecule has 19 heavy (non-hydrogen) atoms. The molecule has 1 N–H and O–H groups in total. The summed E-state index contributed by atoms with van der Waals surface area (Å²) in [6.07, 6.45) is 5.22. The van der Waals surface area contributed by atoms with E-state index in [-0.39, 0.29) is 11.8 Å². The molecule has 0 aliphatic heterocycles. The van der Waals surface area contributed by atoms with Crippen LogP contribution in [0, 0.1) is 11.8 Å². The molecule has 1 aromatic rings. The fourth-order valence-electron chi connectivity index (χ4n) is 3.30. The van der Waals surface area contributed by atoms with Crippen molar-refractivity contribution in [3.63, 3.8) is 0 Å². The molecule has 1 aliphatic carbocycles. The van der Waals surface area contributed by atoms with Gasteiger partial charge in [0.05, 0.1) is 5.92 Å². The van der Waals surface area contributed by atoms with Crippen LogP contribution in [0.4, 0.5) is 0 Å². The lowest BCUT2D eigenvalue weighted by Gasteiger charge is -2.34. The van der Waals surface area contributed by atoms with E-state index in [0.29, 0.717) is 10.9 Å². The fraction of sp³-hybridized carbons (Fsp3) is 0.562. The molecule has 0 amide bonds. The maximum Gasteiger partial charge on any atom is 0.307 e. The van der Waals surface area contributed by atoms with Gasteiger partial charge in [0.2, 0.25) is 0 Å². The minimum absolute atomic E-state index is 0.139. The zero-order valence-electron chi connectivity index (χ0n) is 11.3. The summed E-state index contributed by atoms with van der Waals surface area (Å²) in [7, 11) is 0. The number of hydrogen-bond acceptors (Lipinski definition) is 1. The summed E-state index contributed by atoms with van der Waals surface area (Å²) in [4.78, 5) is 11.4. The van der Waals surface area contributed by atoms with Crippen molar-refractivity contribution in [2.75, 3.05) is 0 Å². The van der Waals surface area contributed by atoms with Crippen molar-refractivity contribution in [2.24, 2.45) is 11.8 Å². The first-order valence-corrected chi connectivity index (χ1v) is 7.48. The molecule has 0 radical (unpaired) electrons. The van der Waals surface area contributed by atoms with Crippen LogP contribution in [0.25, 0.3) is 0 Å². The van der Waals surface area contributed by atoms with Crippen LogP contribution in [-0.2, 0) is 4.79 Å². The van der Waals surface area contributed by atoms with E-state index in [1.807, 2.05) is 24.3 Å². The number of benzene rings is 1. The quantitative estimate of drug-likeness (QED) is 0.866. The maximum absolute atomic E-state index is 11.4. The molecule has 104 valence electrons. The van der Waals surface area contributed by atoms with Crippen molar-refractivity contribution in [1.82, 2.24) is 0 Å². The van der Waals surface area contributed by atoms with Crippen molar-refractivity contribution in [1.29, 1.82) is 0 Å². The van der Waals surface area contributed by atoms with Gasteiger partial charge < -0.3 is 5.11 Å². The van der Waals surface area contributed by atoms with Crippen molar-refractivity contribution < 1.29 is 9.90 Å². The smallest absolute Gasteiger partial charge is 0.307 e. The normalized spacial score (nSPS) is 27.2. The number of carboxylic acids is 1. The highest BCUT2D eigenvalue weighted by Gasteiger charge is 2.35. The van der Waals surface area contributed by atoms with Crippen LogP contribution >= 0.6 is 11.6 Å². The number of carboxylic acid groups (broad SMARTS) is 1. The van der Waals surface area contributed by atoms with Gasteiger partial charge in [0.15, 0.2) is 0 Å². The van der Waals surface area contributed by atoms with Gasteiger partial charge in [-0.25, -0.2) is 0 Å². The summed E-state index contributed by atoms with van der Waals surface area (Å²) in [5.41, 5.74) is 1.12. The first kappa shape index (κ1) is 14.4. The lowest BCUT2D eigenvalue weighted by atomic mass is 9.70. The highest BCUT2D eigenvalue weighted by atomic mass is 35.5. The van der Waals surface area contributed by atoms with Crippen LogP contribution in [0.5, 0.6) is 0 Å². The molecule has 2 rings (SSSR count). The summed E-state index contributed by atoms with van der Waals surface area (Å²) in [5, 5.41) is 10.1. The second kappa shape index (κ2) is 6.42. The molecule has 1 fully saturated rings. The molecule has 0 spiro atoms. The first-order chi connectivity index (χ1) is 9.11. The average molecular weight is 281 g/mol. The molecule has 1 aliphatic rings. The number of halogens is 1. The lowest BCUT2D eigenvalue weighted by molar-refractivity contribution is -0.143. The highest BCUT2D eigenvalue weighted by Crippen LogP contribution is 2.42. The van der Waals surface area contributed by atoms with Gasteiger partial charge in [0.1, 0.15) is 0 Å². The van der Waals surface area contributed by atoms with Crippen molar-refractivity contribution in [3.05, 3.63) is 34.9 Å². The molecule has 1 aromatic carbocycles. The Balaban J connectivity index is 2.19. The zero-order valence-corrected chi connectivity index (χ0v) is 12.1. The topological polar surface area (TPSA) is 37.3 Å². The summed E-state index contributed by atoms with van der Waals surface area (Å²) in [6.45, 7) is 2.20. The Kier molecular flexibility index (Phi) is 4.87. The summed E-state index contributed by atoms with van der Waals surface area (Å²) in [5.74, 6) is -0.0921. The Hall–Kier alpha value is -1.02. The predicted octanol–water partition coefficient (Wildman–Crippen LogP) is 4.72. The summed E-state index contributed by atoms with van der Waals surface area (Å²) in [6, 6.07) is 7.69. The molecule has 0 aromatic heterocycles. The van der Waals surface area contributed by atoms with E-state index in [1.165, 1.54) is 12.8 Å². The number of hydrogen-bond donors (Lipinski definition) is 1. The Morgan fingerprint density at radius 2 is 2.00 bits per heavy atom. The fourth-order valence-corrected chi connectivity index (χ4v) is 3.43. The van der Waals surface area contributed by atoms with Crippen LogP contribution in [0.1, 0.15) is 50.5 Å². The molecule has 2 nitrogen and oxygen atoms in total. The van der Waals surface area contributed by atoms with Crippen LogP contribution in [0.15, 0.2) is 24.3 Å². The van der Waals surface area contributed by atoms with Gasteiger partial charge in [0, 0.05) is 5.02 Å². The summed E-state index contributed by atoms with van der Waals surface area (Å²) < 4.78 is 0. The Bertz CT molecular complexity index is 427. The van der Waals surface area contributed by atoms with Crippen LogP contribution in [-0.4, -0.2) is 11.1 Å². The second-order valence-electron chi connectivity index (χ2n) is 5.57. The van der Waals surface area contributed by atoms with Gasteiger partial charge in [-0.2, -0.15) is 0 Å². The zero-order chi connectivity index (χ0) is 13.8. The Labute approximate surface area is 119 Å². The molecular weight excluding hydrogens is 260 g/mol. The third-order valence-corrected chi connectivity index (χ3v) is 4.52. The lowest BCUT2D eigenvalue weighted by Crippen LogP contribution is -2.29. The van der Waals surface area contributed by atoms with Crippen LogP contribution in [0.2, 0.25) is 5.02 Å². The van der Waals surface area contributed by atoms with E-state index in [2.05, 4.69) is 6.92 Å². The molecule has 0 saturated heterocycles. The van der Waals surface area contributed by atoms with Gasteiger partial charge in [0.25, 0.3) is 0 Å². The van der Waals surface area contributed by atoms with E-state index >= 15 is 0 Å². The standard InChI is InChI=1S/C16H21ClO2/c1-2-3-11-4-9-14(16(18)19)15(10-11)12-5-7-13(17)8-6-12/h5-8,11,14-15H,2-4,9-10H2,1H3,(H,18,19)/t11?,14-,15+/m1/s1. The van der Waals surface area contributed by atoms with E-state index in [1.54, 1.807) is 0 Å². The van der Waals surface area contributed by atoms with Gasteiger partial charge in [-0.15, -0.1) is 0 Å². The largest absolute Gasteiger partial charge is 0.481 e. The SMILES string of the molecule is CCCC1CC[C@@H](C(=O)O)[C@H](c2ccc(Cl)cc2)C1. The number of aliphatic carboxylic acids is 1. The van der Waals surface area contributed by atoms with Gasteiger partial charge in [-0.1, -0.05) is 43.5 Å². The molecule has 3 atom stereocenters. The molecular formula is C16H21ClO2. The number of rotatable bonds is 4. The average Bonchev–Trinajstić information content (AvgIpc) is 2.39. The molecule has 0 heterocycles. The third kappa shape index (κ3) is 3.50. The second-order valence-corrected chi connectivity index (χ2v) is 6.01. The van der Waals surface area contributed by atoms with Crippen molar-refractivity contribution in [2.45, 2.75) is 44.9 Å². The monoisotopic (exact) mass is 280 g/mol. The van der Waals surface area contributed by atoms with Crippen molar-refractivity contribution >= 4 is 17.6 Å². The van der Waals surface area contributed by atoms with E-state index in [4.69, 9.17) is 11.6 Å². The van der Waals surface area contributed by atoms with E-state index in [0.717, 1.165) is 24.8 Å². The molecule has 1 unspecified atom stereocenters. The third-order valence-electron chi connectivity index (χ3n) is 4.27. The minimum atomic E-state index is -0.658. The maximum atomic E-state index is 11.4. The number of carbonyl (C=O) groups is 1. The van der Waals surface area contributed by atoms with Crippen LogP contribution in [0.3, 0.4) is 0 Å². The van der Waals surface area contributed by atoms with Gasteiger partial charge >= 0.3 is 5.97 Å². The predicted molar refractivity (Wildman–Crippen MR) is 77.6 cm³/mol. The van der Waals surface area contributed by atoms with E-state index in [9.17, 15) is 9.90 Å². The van der Waals surface area contributed by atoms with Gasteiger partial charge in [-0.05, 0) is 48.8 Å². The first-order valence-electron chi connectivity index (χ1n) is 7.10.